The maximum absolute atomic E-state index is 12.6. The molecule has 0 atom stereocenters. The molecule has 0 aromatic heterocycles. The number of hydrogen-bond acceptors (Lipinski definition) is 3. The second-order valence-electron chi connectivity index (χ2n) is 5.99. The Morgan fingerprint density at radius 1 is 1.19 bits per heavy atom. The standard InChI is InChI=1S/C20H19BrN2O3/c1-3-26-18-8-7-14(10-16(18)21)11-17-19(24)23(20(25)22-17)12-15-6-4-5-13(2)9-15/h4-11H,3,12H2,1-2H3,(H,22,25)/b17-11+. The summed E-state index contributed by atoms with van der Waals surface area (Å²) in [4.78, 5) is 26.0. The average molecular weight is 415 g/mol. The van der Waals surface area contributed by atoms with Crippen LogP contribution in [0.5, 0.6) is 5.75 Å². The summed E-state index contributed by atoms with van der Waals surface area (Å²) < 4.78 is 6.27. The highest BCUT2D eigenvalue weighted by Crippen LogP contribution is 2.27. The molecule has 1 aliphatic rings. The zero-order valence-electron chi connectivity index (χ0n) is 14.6. The van der Waals surface area contributed by atoms with Gasteiger partial charge in [0.15, 0.2) is 0 Å². The number of ether oxygens (including phenoxy) is 1. The van der Waals surface area contributed by atoms with E-state index in [-0.39, 0.29) is 18.1 Å². The van der Waals surface area contributed by atoms with E-state index in [0.29, 0.717) is 6.61 Å². The summed E-state index contributed by atoms with van der Waals surface area (Å²) in [5, 5.41) is 2.65. The zero-order chi connectivity index (χ0) is 18.7. The molecular weight excluding hydrogens is 396 g/mol. The number of carbonyl (C=O) groups is 2. The highest BCUT2D eigenvalue weighted by Gasteiger charge is 2.33. The molecule has 1 fully saturated rings. The van der Waals surface area contributed by atoms with Crippen LogP contribution < -0.4 is 10.1 Å². The quantitative estimate of drug-likeness (QED) is 0.587. The number of halogens is 1. The first-order chi connectivity index (χ1) is 12.5. The van der Waals surface area contributed by atoms with Crippen molar-refractivity contribution in [2.45, 2.75) is 20.4 Å². The van der Waals surface area contributed by atoms with E-state index >= 15 is 0 Å². The molecule has 6 heteroatoms. The maximum atomic E-state index is 12.6. The molecule has 26 heavy (non-hydrogen) atoms. The van der Waals surface area contributed by atoms with Gasteiger partial charge in [-0.1, -0.05) is 35.9 Å². The smallest absolute Gasteiger partial charge is 0.329 e. The van der Waals surface area contributed by atoms with Crippen LogP contribution in [0.1, 0.15) is 23.6 Å². The first-order valence-corrected chi connectivity index (χ1v) is 9.09. The van der Waals surface area contributed by atoms with E-state index in [1.807, 2.05) is 56.3 Å². The van der Waals surface area contributed by atoms with Crippen molar-refractivity contribution in [2.24, 2.45) is 0 Å². The van der Waals surface area contributed by atoms with Crippen molar-refractivity contribution in [3.05, 3.63) is 69.3 Å². The molecule has 1 N–H and O–H groups in total. The molecule has 3 rings (SSSR count). The van der Waals surface area contributed by atoms with Gasteiger partial charge in [-0.2, -0.15) is 0 Å². The monoisotopic (exact) mass is 414 g/mol. The van der Waals surface area contributed by atoms with Gasteiger partial charge in [0.25, 0.3) is 5.91 Å². The van der Waals surface area contributed by atoms with Gasteiger partial charge in [0.2, 0.25) is 0 Å². The van der Waals surface area contributed by atoms with Gasteiger partial charge in [-0.25, -0.2) is 4.79 Å². The van der Waals surface area contributed by atoms with E-state index < -0.39 is 6.03 Å². The number of nitrogens with one attached hydrogen (secondary N) is 1. The van der Waals surface area contributed by atoms with E-state index in [0.717, 1.165) is 26.9 Å². The van der Waals surface area contributed by atoms with Gasteiger partial charge in [-0.05, 0) is 59.1 Å². The minimum Gasteiger partial charge on any atom is -0.493 e. The van der Waals surface area contributed by atoms with Crippen LogP contribution in [0.3, 0.4) is 0 Å². The molecule has 1 saturated heterocycles. The minimum absolute atomic E-state index is 0.247. The molecule has 134 valence electrons. The van der Waals surface area contributed by atoms with E-state index in [2.05, 4.69) is 21.2 Å². The summed E-state index contributed by atoms with van der Waals surface area (Å²) in [6.45, 7) is 4.71. The van der Waals surface area contributed by atoms with Crippen LogP contribution in [0.2, 0.25) is 0 Å². The van der Waals surface area contributed by atoms with Crippen LogP contribution in [0.4, 0.5) is 4.79 Å². The number of carbonyl (C=O) groups excluding carboxylic acids is 2. The van der Waals surface area contributed by atoms with Gasteiger partial charge in [0.05, 0.1) is 17.6 Å². The number of aryl methyl sites for hydroxylation is 1. The normalized spacial score (nSPS) is 15.5. The largest absolute Gasteiger partial charge is 0.493 e. The number of imide groups is 1. The molecular formula is C20H19BrN2O3. The molecule has 0 unspecified atom stereocenters. The molecule has 0 spiro atoms. The van der Waals surface area contributed by atoms with Crippen LogP contribution in [-0.4, -0.2) is 23.4 Å². The Bertz CT molecular complexity index is 892. The Hall–Kier alpha value is -2.60. The molecule has 2 aromatic carbocycles. The third-order valence-corrected chi connectivity index (χ3v) is 4.57. The lowest BCUT2D eigenvalue weighted by Gasteiger charge is -2.12. The van der Waals surface area contributed by atoms with Crippen molar-refractivity contribution < 1.29 is 14.3 Å². The lowest BCUT2D eigenvalue weighted by atomic mass is 10.1. The molecule has 1 aliphatic heterocycles. The Morgan fingerprint density at radius 3 is 2.69 bits per heavy atom. The first kappa shape index (κ1) is 18.2. The molecule has 3 amide bonds. The Balaban J connectivity index is 1.80. The third kappa shape index (κ3) is 3.96. The van der Waals surface area contributed by atoms with Crippen LogP contribution >= 0.6 is 15.9 Å². The Kier molecular flexibility index (Phi) is 5.42. The van der Waals surface area contributed by atoms with Gasteiger partial charge in [0, 0.05) is 0 Å². The molecule has 1 heterocycles. The second kappa shape index (κ2) is 7.74. The fourth-order valence-corrected chi connectivity index (χ4v) is 3.27. The van der Waals surface area contributed by atoms with Crippen molar-refractivity contribution in [3.63, 3.8) is 0 Å². The summed E-state index contributed by atoms with van der Waals surface area (Å²) in [7, 11) is 0. The molecule has 0 saturated carbocycles. The van der Waals surface area contributed by atoms with Gasteiger partial charge >= 0.3 is 6.03 Å². The van der Waals surface area contributed by atoms with Crippen LogP contribution in [0.25, 0.3) is 6.08 Å². The molecule has 0 bridgehead atoms. The van der Waals surface area contributed by atoms with Crippen molar-refractivity contribution in [2.75, 3.05) is 6.61 Å². The van der Waals surface area contributed by atoms with Gasteiger partial charge in [-0.15, -0.1) is 0 Å². The summed E-state index contributed by atoms with van der Waals surface area (Å²) in [6.07, 6.45) is 1.66. The van der Waals surface area contributed by atoms with Gasteiger partial charge < -0.3 is 10.1 Å². The number of urea groups is 1. The van der Waals surface area contributed by atoms with Crippen LogP contribution in [0.15, 0.2) is 52.6 Å². The summed E-state index contributed by atoms with van der Waals surface area (Å²) in [5.41, 5.74) is 3.06. The molecule has 0 radical (unpaired) electrons. The van der Waals surface area contributed by atoms with Crippen molar-refractivity contribution >= 4 is 33.9 Å². The second-order valence-corrected chi connectivity index (χ2v) is 6.85. The molecule has 0 aliphatic carbocycles. The minimum atomic E-state index is -0.409. The summed E-state index contributed by atoms with van der Waals surface area (Å²) in [5.74, 6) is 0.402. The lowest BCUT2D eigenvalue weighted by Crippen LogP contribution is -2.30. The number of rotatable bonds is 5. The van der Waals surface area contributed by atoms with Gasteiger partial charge in [0.1, 0.15) is 11.4 Å². The van der Waals surface area contributed by atoms with Gasteiger partial charge in [-0.3, -0.25) is 9.69 Å². The third-order valence-electron chi connectivity index (χ3n) is 3.95. The Morgan fingerprint density at radius 2 is 2.00 bits per heavy atom. The number of hydrogen-bond donors (Lipinski definition) is 1. The number of amides is 3. The predicted octanol–water partition coefficient (Wildman–Crippen LogP) is 4.25. The summed E-state index contributed by atoms with van der Waals surface area (Å²) >= 11 is 3.45. The topological polar surface area (TPSA) is 58.6 Å². The van der Waals surface area contributed by atoms with E-state index in [1.54, 1.807) is 6.08 Å². The fraction of sp³-hybridized carbons (Fsp3) is 0.200. The van der Waals surface area contributed by atoms with E-state index in [1.165, 1.54) is 4.90 Å². The number of nitrogens with zero attached hydrogens (tertiary/aromatic N) is 1. The van der Waals surface area contributed by atoms with Crippen molar-refractivity contribution in [1.29, 1.82) is 0 Å². The lowest BCUT2D eigenvalue weighted by molar-refractivity contribution is -0.123. The fourth-order valence-electron chi connectivity index (χ4n) is 2.75. The van der Waals surface area contributed by atoms with E-state index in [9.17, 15) is 9.59 Å². The predicted molar refractivity (Wildman–Crippen MR) is 104 cm³/mol. The van der Waals surface area contributed by atoms with Crippen molar-refractivity contribution in [3.8, 4) is 5.75 Å². The first-order valence-electron chi connectivity index (χ1n) is 8.30. The highest BCUT2D eigenvalue weighted by atomic mass is 79.9. The Labute approximate surface area is 160 Å². The SMILES string of the molecule is CCOc1ccc(/C=C2/NC(=O)N(Cc3cccc(C)c3)C2=O)cc1Br. The molecule has 5 nitrogen and oxygen atoms in total. The molecule has 2 aromatic rings. The van der Waals surface area contributed by atoms with Crippen LogP contribution in [-0.2, 0) is 11.3 Å². The highest BCUT2D eigenvalue weighted by molar-refractivity contribution is 9.10. The van der Waals surface area contributed by atoms with Crippen LogP contribution in [0, 0.1) is 6.92 Å². The number of benzene rings is 2. The zero-order valence-corrected chi connectivity index (χ0v) is 16.2. The van der Waals surface area contributed by atoms with E-state index in [4.69, 9.17) is 4.74 Å². The maximum Gasteiger partial charge on any atom is 0.329 e. The summed E-state index contributed by atoms with van der Waals surface area (Å²) in [6, 6.07) is 12.9. The van der Waals surface area contributed by atoms with Crippen molar-refractivity contribution in [1.82, 2.24) is 10.2 Å². The average Bonchev–Trinajstić information content (AvgIpc) is 2.85.